The van der Waals surface area contributed by atoms with Crippen molar-refractivity contribution in [2.75, 3.05) is 7.05 Å². The highest BCUT2D eigenvalue weighted by atomic mass is 32.1. The van der Waals surface area contributed by atoms with Gasteiger partial charge >= 0.3 is 0 Å². The van der Waals surface area contributed by atoms with Crippen molar-refractivity contribution < 1.29 is 4.79 Å². The summed E-state index contributed by atoms with van der Waals surface area (Å²) in [6, 6.07) is 12.9. The highest BCUT2D eigenvalue weighted by Gasteiger charge is 2.17. The molecule has 0 radical (unpaired) electrons. The highest BCUT2D eigenvalue weighted by Crippen LogP contribution is 2.16. The van der Waals surface area contributed by atoms with E-state index in [1.807, 2.05) is 37.3 Å². The first-order chi connectivity index (χ1) is 11.5. The molecule has 2 heterocycles. The predicted octanol–water partition coefficient (Wildman–Crippen LogP) is 3.08. The van der Waals surface area contributed by atoms with E-state index in [9.17, 15) is 9.59 Å². The summed E-state index contributed by atoms with van der Waals surface area (Å²) >= 11 is 1.54. The lowest BCUT2D eigenvalue weighted by molar-refractivity contribution is 0.0784. The number of nitrogens with zero attached hydrogens (tertiary/aromatic N) is 2. The van der Waals surface area contributed by atoms with Crippen molar-refractivity contribution in [1.82, 2.24) is 14.9 Å². The second-order valence-electron chi connectivity index (χ2n) is 5.49. The summed E-state index contributed by atoms with van der Waals surface area (Å²) in [5.74, 6) is -0.304. The largest absolute Gasteiger partial charge is 0.336 e. The molecule has 1 amide bonds. The zero-order chi connectivity index (χ0) is 17.1. The van der Waals surface area contributed by atoms with Crippen molar-refractivity contribution in [1.29, 1.82) is 0 Å². The number of amides is 1. The molecule has 0 aliphatic carbocycles. The Labute approximate surface area is 143 Å². The molecule has 0 unspecified atom stereocenters. The van der Waals surface area contributed by atoms with Crippen LogP contribution in [0.15, 0.2) is 53.5 Å². The standard InChI is InChI=1S/C18H17N3O2S/c1-12-19-10-14(24-12)11-21(2)18(23)15-8-9-16(20-17(15)22)13-6-4-3-5-7-13/h3-10H,11H2,1-2H3,(H,20,22). The number of aromatic nitrogens is 2. The molecule has 1 N–H and O–H groups in total. The van der Waals surface area contributed by atoms with E-state index in [1.54, 1.807) is 36.7 Å². The number of aromatic amines is 1. The quantitative estimate of drug-likeness (QED) is 0.794. The molecule has 0 fully saturated rings. The average molecular weight is 339 g/mol. The second-order valence-corrected chi connectivity index (χ2v) is 6.81. The topological polar surface area (TPSA) is 66.1 Å². The molecule has 0 spiro atoms. The van der Waals surface area contributed by atoms with Crippen LogP contribution in [0, 0.1) is 6.92 Å². The minimum Gasteiger partial charge on any atom is -0.336 e. The van der Waals surface area contributed by atoms with Crippen LogP contribution in [-0.2, 0) is 6.54 Å². The Balaban J connectivity index is 1.81. The summed E-state index contributed by atoms with van der Waals surface area (Å²) in [6.07, 6.45) is 1.76. The minimum absolute atomic E-state index is 0.137. The van der Waals surface area contributed by atoms with E-state index in [0.717, 1.165) is 15.4 Å². The van der Waals surface area contributed by atoms with Gasteiger partial charge in [-0.25, -0.2) is 4.98 Å². The van der Waals surface area contributed by atoms with Crippen LogP contribution in [0.4, 0.5) is 0 Å². The Hall–Kier alpha value is -2.73. The molecule has 3 rings (SSSR count). The summed E-state index contributed by atoms with van der Waals surface area (Å²) < 4.78 is 0. The molecule has 0 bridgehead atoms. The number of benzene rings is 1. The van der Waals surface area contributed by atoms with E-state index in [0.29, 0.717) is 12.2 Å². The Morgan fingerprint density at radius 3 is 2.58 bits per heavy atom. The molecule has 0 atom stereocenters. The first kappa shape index (κ1) is 16.1. The number of pyridine rings is 1. The van der Waals surface area contributed by atoms with Gasteiger partial charge < -0.3 is 9.88 Å². The third-order valence-corrected chi connectivity index (χ3v) is 4.53. The first-order valence-electron chi connectivity index (χ1n) is 7.50. The van der Waals surface area contributed by atoms with Crippen LogP contribution < -0.4 is 5.56 Å². The van der Waals surface area contributed by atoms with Gasteiger partial charge in [0.25, 0.3) is 11.5 Å². The summed E-state index contributed by atoms with van der Waals surface area (Å²) in [5, 5.41) is 0.955. The van der Waals surface area contributed by atoms with Crippen molar-refractivity contribution in [3.63, 3.8) is 0 Å². The van der Waals surface area contributed by atoms with Crippen molar-refractivity contribution in [3.8, 4) is 11.3 Å². The summed E-state index contributed by atoms with van der Waals surface area (Å²) in [4.78, 5) is 34.3. The van der Waals surface area contributed by atoms with Gasteiger partial charge in [0.1, 0.15) is 5.56 Å². The fourth-order valence-electron chi connectivity index (χ4n) is 2.42. The molecule has 2 aromatic heterocycles. The average Bonchev–Trinajstić information content (AvgIpc) is 3.00. The van der Waals surface area contributed by atoms with E-state index in [1.165, 1.54) is 4.90 Å². The maximum atomic E-state index is 12.5. The maximum absolute atomic E-state index is 12.5. The molecule has 0 saturated heterocycles. The number of carbonyl (C=O) groups excluding carboxylic acids is 1. The van der Waals surface area contributed by atoms with Gasteiger partial charge in [-0.1, -0.05) is 30.3 Å². The molecule has 1 aromatic carbocycles. The smallest absolute Gasteiger partial charge is 0.261 e. The Morgan fingerprint density at radius 1 is 1.21 bits per heavy atom. The summed E-state index contributed by atoms with van der Waals surface area (Å²) in [6.45, 7) is 2.35. The van der Waals surface area contributed by atoms with Gasteiger partial charge in [-0.15, -0.1) is 11.3 Å². The van der Waals surface area contributed by atoms with Crippen LogP contribution in [0.1, 0.15) is 20.2 Å². The van der Waals surface area contributed by atoms with E-state index < -0.39 is 0 Å². The van der Waals surface area contributed by atoms with Crippen LogP contribution in [0.5, 0.6) is 0 Å². The lowest BCUT2D eigenvalue weighted by atomic mass is 10.1. The van der Waals surface area contributed by atoms with Gasteiger partial charge in [0.05, 0.1) is 11.6 Å². The van der Waals surface area contributed by atoms with Crippen molar-refractivity contribution in [2.45, 2.75) is 13.5 Å². The minimum atomic E-state index is -0.381. The Kier molecular flexibility index (Phi) is 4.57. The third-order valence-electron chi connectivity index (χ3n) is 3.63. The van der Waals surface area contributed by atoms with Crippen molar-refractivity contribution >= 4 is 17.2 Å². The van der Waals surface area contributed by atoms with E-state index in [2.05, 4.69) is 9.97 Å². The number of carbonyl (C=O) groups is 1. The number of hydrogen-bond acceptors (Lipinski definition) is 4. The summed E-state index contributed by atoms with van der Waals surface area (Å²) in [5.41, 5.74) is 1.35. The number of aryl methyl sites for hydroxylation is 1. The van der Waals surface area contributed by atoms with Gasteiger partial charge in [-0.3, -0.25) is 9.59 Å². The number of rotatable bonds is 4. The number of hydrogen-bond donors (Lipinski definition) is 1. The highest BCUT2D eigenvalue weighted by molar-refractivity contribution is 7.11. The van der Waals surface area contributed by atoms with Crippen LogP contribution >= 0.6 is 11.3 Å². The van der Waals surface area contributed by atoms with Gasteiger partial charge in [0.15, 0.2) is 0 Å². The van der Waals surface area contributed by atoms with Crippen LogP contribution in [-0.4, -0.2) is 27.8 Å². The molecule has 6 heteroatoms. The Morgan fingerprint density at radius 2 is 1.96 bits per heavy atom. The fourth-order valence-corrected chi connectivity index (χ4v) is 3.27. The normalized spacial score (nSPS) is 10.6. The first-order valence-corrected chi connectivity index (χ1v) is 8.32. The lowest BCUT2D eigenvalue weighted by Crippen LogP contribution is -2.31. The number of nitrogens with one attached hydrogen (secondary N) is 1. The van der Waals surface area contributed by atoms with Crippen molar-refractivity contribution in [3.05, 3.63) is 74.5 Å². The van der Waals surface area contributed by atoms with Gasteiger partial charge in [-0.05, 0) is 24.6 Å². The third kappa shape index (κ3) is 3.44. The van der Waals surface area contributed by atoms with Gasteiger partial charge in [0.2, 0.25) is 0 Å². The molecule has 0 saturated carbocycles. The molecule has 5 nitrogen and oxygen atoms in total. The SMILES string of the molecule is Cc1ncc(CN(C)C(=O)c2ccc(-c3ccccc3)[nH]c2=O)s1. The fraction of sp³-hybridized carbons (Fsp3) is 0.167. The number of thiazole rings is 1. The van der Waals surface area contributed by atoms with Crippen LogP contribution in [0.3, 0.4) is 0 Å². The number of H-pyrrole nitrogens is 1. The lowest BCUT2D eigenvalue weighted by Gasteiger charge is -2.15. The second kappa shape index (κ2) is 6.80. The summed E-state index contributed by atoms with van der Waals surface area (Å²) in [7, 11) is 1.68. The Bertz CT molecular complexity index is 915. The molecular weight excluding hydrogens is 322 g/mol. The van der Waals surface area contributed by atoms with Gasteiger partial charge in [-0.2, -0.15) is 0 Å². The van der Waals surface area contributed by atoms with E-state index >= 15 is 0 Å². The molecule has 3 aromatic rings. The van der Waals surface area contributed by atoms with Crippen LogP contribution in [0.25, 0.3) is 11.3 Å². The molecule has 24 heavy (non-hydrogen) atoms. The molecule has 0 aliphatic heterocycles. The van der Waals surface area contributed by atoms with Gasteiger partial charge in [0, 0.05) is 23.8 Å². The molecule has 0 aliphatic rings. The zero-order valence-electron chi connectivity index (χ0n) is 13.4. The van der Waals surface area contributed by atoms with Crippen molar-refractivity contribution in [2.24, 2.45) is 0 Å². The molecule has 122 valence electrons. The maximum Gasteiger partial charge on any atom is 0.261 e. The van der Waals surface area contributed by atoms with Crippen LogP contribution in [0.2, 0.25) is 0 Å². The predicted molar refractivity (Wildman–Crippen MR) is 95.1 cm³/mol. The molecular formula is C18H17N3O2S. The van der Waals surface area contributed by atoms with E-state index in [4.69, 9.17) is 0 Å². The monoisotopic (exact) mass is 339 g/mol. The zero-order valence-corrected chi connectivity index (χ0v) is 14.3. The van der Waals surface area contributed by atoms with E-state index in [-0.39, 0.29) is 17.0 Å².